The van der Waals surface area contributed by atoms with Crippen LogP contribution in [0.4, 0.5) is 0 Å². The standard InChI is InChI=1S/C19H21NO3/c1-13-8-9-15(12-14(13)2)18(21)16-6-4-5-7-17(16)19(22)20-10-11-23-3/h4-9,12H,10-11H2,1-3H3,(H,20,22). The summed E-state index contributed by atoms with van der Waals surface area (Å²) in [6.07, 6.45) is 0. The summed E-state index contributed by atoms with van der Waals surface area (Å²) in [6.45, 7) is 4.80. The van der Waals surface area contributed by atoms with Gasteiger partial charge in [0, 0.05) is 24.8 Å². The van der Waals surface area contributed by atoms with E-state index >= 15 is 0 Å². The summed E-state index contributed by atoms with van der Waals surface area (Å²) in [5.41, 5.74) is 3.56. The highest BCUT2D eigenvalue weighted by atomic mass is 16.5. The van der Waals surface area contributed by atoms with Gasteiger partial charge in [-0.15, -0.1) is 0 Å². The summed E-state index contributed by atoms with van der Waals surface area (Å²) in [7, 11) is 1.57. The molecule has 120 valence electrons. The van der Waals surface area contributed by atoms with E-state index in [1.54, 1.807) is 37.4 Å². The number of hydrogen-bond donors (Lipinski definition) is 1. The third-order valence-corrected chi connectivity index (χ3v) is 3.78. The number of carbonyl (C=O) groups is 2. The molecule has 2 rings (SSSR count). The van der Waals surface area contributed by atoms with Crippen molar-refractivity contribution >= 4 is 11.7 Å². The summed E-state index contributed by atoms with van der Waals surface area (Å²) >= 11 is 0. The highest BCUT2D eigenvalue weighted by molar-refractivity contribution is 6.15. The van der Waals surface area contributed by atoms with Crippen molar-refractivity contribution in [2.45, 2.75) is 13.8 Å². The molecule has 0 aliphatic heterocycles. The normalized spacial score (nSPS) is 10.4. The third kappa shape index (κ3) is 4.05. The van der Waals surface area contributed by atoms with Crippen LogP contribution in [0.1, 0.15) is 37.4 Å². The highest BCUT2D eigenvalue weighted by Crippen LogP contribution is 2.17. The molecule has 0 saturated carbocycles. The fraction of sp³-hybridized carbons (Fsp3) is 0.263. The van der Waals surface area contributed by atoms with Gasteiger partial charge in [0.15, 0.2) is 5.78 Å². The Hall–Kier alpha value is -2.46. The van der Waals surface area contributed by atoms with Crippen molar-refractivity contribution in [3.63, 3.8) is 0 Å². The van der Waals surface area contributed by atoms with Crippen molar-refractivity contribution in [2.24, 2.45) is 0 Å². The first-order chi connectivity index (χ1) is 11.0. The molecular formula is C19H21NO3. The molecule has 0 aliphatic rings. The van der Waals surface area contributed by atoms with Gasteiger partial charge in [-0.2, -0.15) is 0 Å². The van der Waals surface area contributed by atoms with Gasteiger partial charge in [0.05, 0.1) is 12.2 Å². The van der Waals surface area contributed by atoms with Crippen molar-refractivity contribution in [3.05, 3.63) is 70.3 Å². The molecule has 0 aromatic heterocycles. The number of benzene rings is 2. The topological polar surface area (TPSA) is 55.4 Å². The molecule has 1 N–H and O–H groups in total. The molecule has 0 unspecified atom stereocenters. The predicted octanol–water partition coefficient (Wildman–Crippen LogP) is 2.91. The van der Waals surface area contributed by atoms with Crippen molar-refractivity contribution in [3.8, 4) is 0 Å². The first kappa shape index (κ1) is 16.9. The van der Waals surface area contributed by atoms with Crippen LogP contribution in [0, 0.1) is 13.8 Å². The molecular weight excluding hydrogens is 290 g/mol. The molecule has 2 aromatic carbocycles. The Morgan fingerprint density at radius 3 is 2.35 bits per heavy atom. The molecule has 0 atom stereocenters. The minimum absolute atomic E-state index is 0.148. The maximum Gasteiger partial charge on any atom is 0.252 e. The number of nitrogens with one attached hydrogen (secondary N) is 1. The zero-order valence-electron chi connectivity index (χ0n) is 13.7. The smallest absolute Gasteiger partial charge is 0.252 e. The first-order valence-electron chi connectivity index (χ1n) is 7.52. The van der Waals surface area contributed by atoms with E-state index in [1.165, 1.54) is 0 Å². The zero-order valence-corrected chi connectivity index (χ0v) is 13.7. The fourth-order valence-corrected chi connectivity index (χ4v) is 2.28. The van der Waals surface area contributed by atoms with Gasteiger partial charge in [-0.1, -0.05) is 30.3 Å². The second-order valence-corrected chi connectivity index (χ2v) is 5.42. The molecule has 2 aromatic rings. The number of aryl methyl sites for hydroxylation is 2. The molecule has 4 nitrogen and oxygen atoms in total. The number of ether oxygens (including phenoxy) is 1. The number of hydrogen-bond acceptors (Lipinski definition) is 3. The number of ketones is 1. The minimum Gasteiger partial charge on any atom is -0.383 e. The molecule has 0 heterocycles. The van der Waals surface area contributed by atoms with E-state index in [0.717, 1.165) is 11.1 Å². The molecule has 0 radical (unpaired) electrons. The van der Waals surface area contributed by atoms with Crippen molar-refractivity contribution in [1.29, 1.82) is 0 Å². The largest absolute Gasteiger partial charge is 0.383 e. The molecule has 0 aliphatic carbocycles. The number of carbonyl (C=O) groups excluding carboxylic acids is 2. The van der Waals surface area contributed by atoms with Gasteiger partial charge < -0.3 is 10.1 Å². The molecule has 23 heavy (non-hydrogen) atoms. The van der Waals surface area contributed by atoms with E-state index in [0.29, 0.717) is 29.8 Å². The zero-order chi connectivity index (χ0) is 16.8. The number of rotatable bonds is 6. The summed E-state index contributed by atoms with van der Waals surface area (Å²) in [5.74, 6) is -0.416. The van der Waals surface area contributed by atoms with Gasteiger partial charge in [-0.25, -0.2) is 0 Å². The molecule has 0 bridgehead atoms. The Morgan fingerprint density at radius 2 is 1.70 bits per heavy atom. The van der Waals surface area contributed by atoms with Gasteiger partial charge in [0.1, 0.15) is 0 Å². The second-order valence-electron chi connectivity index (χ2n) is 5.42. The minimum atomic E-state index is -0.269. The van der Waals surface area contributed by atoms with Crippen LogP contribution in [0.5, 0.6) is 0 Å². The van der Waals surface area contributed by atoms with E-state index in [4.69, 9.17) is 4.74 Å². The Morgan fingerprint density at radius 1 is 1.00 bits per heavy atom. The molecule has 4 heteroatoms. The summed E-state index contributed by atoms with van der Waals surface area (Å²) in [4.78, 5) is 25.0. The van der Waals surface area contributed by atoms with E-state index in [2.05, 4.69) is 5.32 Å². The molecule has 0 fully saturated rings. The van der Waals surface area contributed by atoms with Crippen LogP contribution in [0.3, 0.4) is 0 Å². The maximum absolute atomic E-state index is 12.8. The van der Waals surface area contributed by atoms with Crippen LogP contribution < -0.4 is 5.32 Å². The Kier molecular flexibility index (Phi) is 5.66. The lowest BCUT2D eigenvalue weighted by Crippen LogP contribution is -2.28. The lowest BCUT2D eigenvalue weighted by molar-refractivity contribution is 0.0927. The van der Waals surface area contributed by atoms with Crippen molar-refractivity contribution < 1.29 is 14.3 Å². The SMILES string of the molecule is COCCNC(=O)c1ccccc1C(=O)c1ccc(C)c(C)c1. The van der Waals surface area contributed by atoms with Crippen LogP contribution in [0.2, 0.25) is 0 Å². The number of methoxy groups -OCH3 is 1. The van der Waals surface area contributed by atoms with E-state index < -0.39 is 0 Å². The predicted molar refractivity (Wildman–Crippen MR) is 90.0 cm³/mol. The lowest BCUT2D eigenvalue weighted by Gasteiger charge is -2.10. The quantitative estimate of drug-likeness (QED) is 0.659. The Balaban J connectivity index is 2.30. The summed E-state index contributed by atoms with van der Waals surface area (Å²) in [6, 6.07) is 12.4. The van der Waals surface area contributed by atoms with Crippen LogP contribution in [-0.2, 0) is 4.74 Å². The van der Waals surface area contributed by atoms with Crippen LogP contribution >= 0.6 is 0 Å². The monoisotopic (exact) mass is 311 g/mol. The van der Waals surface area contributed by atoms with Crippen LogP contribution in [0.15, 0.2) is 42.5 Å². The first-order valence-corrected chi connectivity index (χ1v) is 7.52. The van der Waals surface area contributed by atoms with E-state index in [-0.39, 0.29) is 11.7 Å². The second kappa shape index (κ2) is 7.70. The van der Waals surface area contributed by atoms with Crippen LogP contribution in [-0.4, -0.2) is 32.0 Å². The average molecular weight is 311 g/mol. The summed E-state index contributed by atoms with van der Waals surface area (Å²) in [5, 5.41) is 2.75. The van der Waals surface area contributed by atoms with Crippen LogP contribution in [0.25, 0.3) is 0 Å². The van der Waals surface area contributed by atoms with Crippen molar-refractivity contribution in [2.75, 3.05) is 20.3 Å². The maximum atomic E-state index is 12.8. The summed E-state index contributed by atoms with van der Waals surface area (Å²) < 4.78 is 4.92. The fourth-order valence-electron chi connectivity index (χ4n) is 2.28. The number of amides is 1. The van der Waals surface area contributed by atoms with E-state index in [9.17, 15) is 9.59 Å². The van der Waals surface area contributed by atoms with Gasteiger partial charge in [0.2, 0.25) is 0 Å². The van der Waals surface area contributed by atoms with Gasteiger partial charge in [-0.3, -0.25) is 9.59 Å². The third-order valence-electron chi connectivity index (χ3n) is 3.78. The molecule has 1 amide bonds. The molecule has 0 saturated heterocycles. The van der Waals surface area contributed by atoms with E-state index in [1.807, 2.05) is 26.0 Å². The molecule has 0 spiro atoms. The Bertz CT molecular complexity index is 722. The van der Waals surface area contributed by atoms with Gasteiger partial charge >= 0.3 is 0 Å². The van der Waals surface area contributed by atoms with Gasteiger partial charge in [0.25, 0.3) is 5.91 Å². The lowest BCUT2D eigenvalue weighted by atomic mass is 9.95. The highest BCUT2D eigenvalue weighted by Gasteiger charge is 2.18. The Labute approximate surface area is 136 Å². The van der Waals surface area contributed by atoms with Gasteiger partial charge in [-0.05, 0) is 37.1 Å². The van der Waals surface area contributed by atoms with Crippen molar-refractivity contribution in [1.82, 2.24) is 5.32 Å². The average Bonchev–Trinajstić information content (AvgIpc) is 2.57.